The maximum absolute atomic E-state index is 5.86. The van der Waals surface area contributed by atoms with E-state index in [2.05, 4.69) is 5.16 Å². The highest BCUT2D eigenvalue weighted by molar-refractivity contribution is 6.14. The van der Waals surface area contributed by atoms with Crippen LogP contribution < -0.4 is 9.47 Å². The lowest BCUT2D eigenvalue weighted by molar-refractivity contribution is 0.130. The minimum absolute atomic E-state index is 0.543. The van der Waals surface area contributed by atoms with Crippen LogP contribution in [0.2, 0.25) is 0 Å². The first-order valence-electron chi connectivity index (χ1n) is 6.95. The van der Waals surface area contributed by atoms with E-state index in [9.17, 15) is 0 Å². The molecule has 0 atom stereocenters. The molecule has 0 saturated heterocycles. The number of benzene rings is 2. The predicted octanol–water partition coefficient (Wildman–Crippen LogP) is 3.25. The van der Waals surface area contributed by atoms with E-state index in [1.54, 1.807) is 7.11 Å². The summed E-state index contributed by atoms with van der Waals surface area (Å²) in [5.74, 6) is 1.53. The molecule has 0 radical (unpaired) electrons. The Balaban J connectivity index is 2.10. The summed E-state index contributed by atoms with van der Waals surface area (Å²) in [4.78, 5) is 5.41. The van der Waals surface area contributed by atoms with Gasteiger partial charge in [-0.3, -0.25) is 0 Å². The van der Waals surface area contributed by atoms with Gasteiger partial charge in [-0.2, -0.15) is 0 Å². The third-order valence-corrected chi connectivity index (χ3v) is 3.28. The van der Waals surface area contributed by atoms with Gasteiger partial charge in [0.15, 0.2) is 0 Å². The predicted molar refractivity (Wildman–Crippen MR) is 81.1 cm³/mol. The van der Waals surface area contributed by atoms with Crippen molar-refractivity contribution in [2.45, 2.75) is 6.42 Å². The zero-order valence-corrected chi connectivity index (χ0v) is 11.9. The van der Waals surface area contributed by atoms with E-state index in [0.717, 1.165) is 34.8 Å². The molecule has 2 aromatic rings. The van der Waals surface area contributed by atoms with Crippen molar-refractivity contribution in [3.05, 3.63) is 59.7 Å². The van der Waals surface area contributed by atoms with Crippen LogP contribution in [0.4, 0.5) is 0 Å². The maximum Gasteiger partial charge on any atom is 0.132 e. The van der Waals surface area contributed by atoms with Crippen molar-refractivity contribution in [2.75, 3.05) is 20.3 Å². The highest BCUT2D eigenvalue weighted by Crippen LogP contribution is 2.28. The van der Waals surface area contributed by atoms with Crippen molar-refractivity contribution in [3.63, 3.8) is 0 Å². The Kier molecular flexibility index (Phi) is 4.05. The van der Waals surface area contributed by atoms with Gasteiger partial charge in [0.25, 0.3) is 0 Å². The van der Waals surface area contributed by atoms with Crippen LogP contribution in [0.25, 0.3) is 0 Å². The fourth-order valence-corrected chi connectivity index (χ4v) is 2.21. The summed E-state index contributed by atoms with van der Waals surface area (Å²) >= 11 is 0. The molecular weight excluding hydrogens is 266 g/mol. The molecule has 0 spiro atoms. The number of rotatable bonds is 2. The number of oxime groups is 1. The Bertz CT molecular complexity index is 638. The van der Waals surface area contributed by atoms with E-state index in [-0.39, 0.29) is 0 Å². The van der Waals surface area contributed by atoms with Crippen LogP contribution in [0.5, 0.6) is 11.5 Å². The van der Waals surface area contributed by atoms with Gasteiger partial charge in [-0.1, -0.05) is 35.5 Å². The standard InChI is InChI=1S/C17H17NO3/c1-19-14-8-9-15-16(12-14)20-10-5-11-21-18-17(15)13-6-3-2-4-7-13/h2-4,6-9,12H,5,10-11H2,1H3/b18-17+. The summed E-state index contributed by atoms with van der Waals surface area (Å²) in [7, 11) is 1.65. The second-order valence-electron chi connectivity index (χ2n) is 4.70. The molecule has 21 heavy (non-hydrogen) atoms. The number of hydrogen-bond acceptors (Lipinski definition) is 4. The van der Waals surface area contributed by atoms with Gasteiger partial charge in [-0.25, -0.2) is 0 Å². The average molecular weight is 283 g/mol. The molecule has 4 nitrogen and oxygen atoms in total. The molecule has 0 N–H and O–H groups in total. The van der Waals surface area contributed by atoms with Crippen LogP contribution in [0.3, 0.4) is 0 Å². The van der Waals surface area contributed by atoms with Crippen LogP contribution in [0, 0.1) is 0 Å². The molecule has 4 heteroatoms. The van der Waals surface area contributed by atoms with Gasteiger partial charge < -0.3 is 14.3 Å². The van der Waals surface area contributed by atoms with Crippen molar-refractivity contribution in [1.82, 2.24) is 0 Å². The minimum atomic E-state index is 0.543. The zero-order chi connectivity index (χ0) is 14.5. The van der Waals surface area contributed by atoms with E-state index in [0.29, 0.717) is 13.2 Å². The van der Waals surface area contributed by atoms with Gasteiger partial charge >= 0.3 is 0 Å². The Morgan fingerprint density at radius 1 is 1.05 bits per heavy atom. The summed E-state index contributed by atoms with van der Waals surface area (Å²) in [6.45, 7) is 1.14. The monoisotopic (exact) mass is 283 g/mol. The van der Waals surface area contributed by atoms with Crippen LogP contribution >= 0.6 is 0 Å². The van der Waals surface area contributed by atoms with E-state index < -0.39 is 0 Å². The molecule has 0 amide bonds. The van der Waals surface area contributed by atoms with Crippen molar-refractivity contribution in [2.24, 2.45) is 5.16 Å². The molecule has 0 aliphatic carbocycles. The lowest BCUT2D eigenvalue weighted by atomic mass is 10.0. The lowest BCUT2D eigenvalue weighted by Crippen LogP contribution is -2.07. The molecule has 3 rings (SSSR count). The van der Waals surface area contributed by atoms with Gasteiger partial charge in [-0.15, -0.1) is 0 Å². The van der Waals surface area contributed by atoms with Crippen molar-refractivity contribution in [1.29, 1.82) is 0 Å². The Labute approximate surface area is 123 Å². The van der Waals surface area contributed by atoms with E-state index in [1.807, 2.05) is 48.5 Å². The van der Waals surface area contributed by atoms with Gasteiger partial charge in [0.1, 0.15) is 23.8 Å². The first-order valence-corrected chi connectivity index (χ1v) is 6.95. The molecule has 1 aliphatic heterocycles. The fourth-order valence-electron chi connectivity index (χ4n) is 2.21. The number of nitrogens with zero attached hydrogens (tertiary/aromatic N) is 1. The third-order valence-electron chi connectivity index (χ3n) is 3.28. The largest absolute Gasteiger partial charge is 0.497 e. The normalized spacial score (nSPS) is 16.9. The second kappa shape index (κ2) is 6.31. The SMILES string of the molecule is COc1ccc2c(c1)OCCCO/N=C/2c1ccccc1. The highest BCUT2D eigenvalue weighted by atomic mass is 16.6. The summed E-state index contributed by atoms with van der Waals surface area (Å²) in [5.41, 5.74) is 2.67. The molecule has 1 heterocycles. The molecular formula is C17H17NO3. The molecule has 0 unspecified atom stereocenters. The summed E-state index contributed by atoms with van der Waals surface area (Å²) in [5, 5.41) is 4.31. The van der Waals surface area contributed by atoms with Crippen LogP contribution in [-0.2, 0) is 4.84 Å². The summed E-state index contributed by atoms with van der Waals surface area (Å²) in [6.07, 6.45) is 0.794. The maximum atomic E-state index is 5.86. The average Bonchev–Trinajstić information content (AvgIpc) is 2.65. The second-order valence-corrected chi connectivity index (χ2v) is 4.70. The van der Waals surface area contributed by atoms with Crippen LogP contribution in [0.1, 0.15) is 17.5 Å². The minimum Gasteiger partial charge on any atom is -0.497 e. The molecule has 2 aromatic carbocycles. The Morgan fingerprint density at radius 3 is 2.71 bits per heavy atom. The molecule has 108 valence electrons. The first-order chi connectivity index (χ1) is 10.4. The van der Waals surface area contributed by atoms with E-state index in [1.165, 1.54) is 0 Å². The molecule has 0 aromatic heterocycles. The van der Waals surface area contributed by atoms with Gasteiger partial charge in [0.05, 0.1) is 13.7 Å². The van der Waals surface area contributed by atoms with Crippen LogP contribution in [0.15, 0.2) is 53.7 Å². The number of fused-ring (bicyclic) bond motifs is 1. The van der Waals surface area contributed by atoms with Gasteiger partial charge in [-0.05, 0) is 12.1 Å². The van der Waals surface area contributed by atoms with Gasteiger partial charge in [0, 0.05) is 23.6 Å². The molecule has 0 saturated carbocycles. The number of hydrogen-bond donors (Lipinski definition) is 0. The third kappa shape index (κ3) is 2.99. The summed E-state index contributed by atoms with van der Waals surface area (Å²) < 4.78 is 11.1. The number of methoxy groups -OCH3 is 1. The van der Waals surface area contributed by atoms with E-state index in [4.69, 9.17) is 14.3 Å². The zero-order valence-electron chi connectivity index (χ0n) is 11.9. The summed E-state index contributed by atoms with van der Waals surface area (Å²) in [6, 6.07) is 15.7. The first kappa shape index (κ1) is 13.5. The smallest absolute Gasteiger partial charge is 0.132 e. The molecule has 1 aliphatic rings. The van der Waals surface area contributed by atoms with Crippen molar-refractivity contribution >= 4 is 5.71 Å². The van der Waals surface area contributed by atoms with Crippen molar-refractivity contribution < 1.29 is 14.3 Å². The van der Waals surface area contributed by atoms with Crippen LogP contribution in [-0.4, -0.2) is 26.0 Å². The lowest BCUT2D eigenvalue weighted by Gasteiger charge is -2.13. The number of ether oxygens (including phenoxy) is 2. The van der Waals surface area contributed by atoms with E-state index >= 15 is 0 Å². The Morgan fingerprint density at radius 2 is 1.90 bits per heavy atom. The Hall–Kier alpha value is -2.49. The fraction of sp³-hybridized carbons (Fsp3) is 0.235. The van der Waals surface area contributed by atoms with Crippen molar-refractivity contribution in [3.8, 4) is 11.5 Å². The highest BCUT2D eigenvalue weighted by Gasteiger charge is 2.16. The molecule has 0 bridgehead atoms. The molecule has 0 fully saturated rings. The quantitative estimate of drug-likeness (QED) is 0.849. The van der Waals surface area contributed by atoms with Gasteiger partial charge in [0.2, 0.25) is 0 Å². The topological polar surface area (TPSA) is 40.0 Å².